The molecule has 2 aromatic rings. The number of nitrogens with two attached hydrogens (primary N) is 1. The largest absolute Gasteiger partial charge is 0.337 e. The van der Waals surface area contributed by atoms with Crippen LogP contribution in [0.25, 0.3) is 11.4 Å². The van der Waals surface area contributed by atoms with Crippen LogP contribution in [0.4, 0.5) is 0 Å². The Balaban J connectivity index is 2.34. The van der Waals surface area contributed by atoms with E-state index in [1.54, 1.807) is 6.07 Å². The molecule has 1 unspecified atom stereocenters. The molecule has 4 nitrogen and oxygen atoms in total. The number of benzene rings is 1. The maximum absolute atomic E-state index is 6.15. The zero-order valence-electron chi connectivity index (χ0n) is 10.5. The van der Waals surface area contributed by atoms with Crippen LogP contribution in [0.3, 0.4) is 0 Å². The number of aromatic nitrogens is 2. The zero-order chi connectivity index (χ0) is 13.2. The van der Waals surface area contributed by atoms with E-state index < -0.39 is 5.54 Å². The van der Waals surface area contributed by atoms with Crippen molar-refractivity contribution < 1.29 is 4.52 Å². The minimum Gasteiger partial charge on any atom is -0.337 e. The molecule has 1 aromatic heterocycles. The van der Waals surface area contributed by atoms with Crippen LogP contribution in [0.5, 0.6) is 0 Å². The highest BCUT2D eigenvalue weighted by Crippen LogP contribution is 2.28. The first-order valence-electron chi connectivity index (χ1n) is 5.92. The van der Waals surface area contributed by atoms with Crippen molar-refractivity contribution in [2.45, 2.75) is 32.2 Å². The van der Waals surface area contributed by atoms with Gasteiger partial charge in [-0.05, 0) is 25.5 Å². The van der Waals surface area contributed by atoms with Crippen molar-refractivity contribution in [2.75, 3.05) is 0 Å². The Labute approximate surface area is 111 Å². The maximum atomic E-state index is 6.15. The van der Waals surface area contributed by atoms with Crippen LogP contribution >= 0.6 is 11.6 Å². The summed E-state index contributed by atoms with van der Waals surface area (Å²) in [6.07, 6.45) is 1.74. The van der Waals surface area contributed by atoms with Crippen molar-refractivity contribution in [2.24, 2.45) is 5.73 Å². The lowest BCUT2D eigenvalue weighted by Gasteiger charge is -2.18. The summed E-state index contributed by atoms with van der Waals surface area (Å²) in [6, 6.07) is 7.38. The Kier molecular flexibility index (Phi) is 3.68. The highest BCUT2D eigenvalue weighted by molar-refractivity contribution is 6.33. The molecule has 5 heteroatoms. The number of rotatable bonds is 4. The molecule has 0 aliphatic heterocycles. The third-order valence-electron chi connectivity index (χ3n) is 2.80. The molecule has 0 aliphatic rings. The molecule has 0 spiro atoms. The van der Waals surface area contributed by atoms with E-state index in [1.165, 1.54) is 0 Å². The Morgan fingerprint density at radius 2 is 2.11 bits per heavy atom. The summed E-state index contributed by atoms with van der Waals surface area (Å²) < 4.78 is 5.25. The average molecular weight is 266 g/mol. The van der Waals surface area contributed by atoms with Gasteiger partial charge in [0.2, 0.25) is 11.7 Å². The van der Waals surface area contributed by atoms with Gasteiger partial charge in [0.25, 0.3) is 0 Å². The number of halogens is 1. The molecule has 2 rings (SSSR count). The van der Waals surface area contributed by atoms with Gasteiger partial charge in [-0.2, -0.15) is 4.98 Å². The third kappa shape index (κ3) is 2.54. The summed E-state index contributed by atoms with van der Waals surface area (Å²) in [5, 5.41) is 4.54. The zero-order valence-corrected chi connectivity index (χ0v) is 11.2. The molecule has 1 heterocycles. The fourth-order valence-corrected chi connectivity index (χ4v) is 2.05. The lowest BCUT2D eigenvalue weighted by atomic mass is 9.98. The number of nitrogens with zero attached hydrogens (tertiary/aromatic N) is 2. The topological polar surface area (TPSA) is 64.9 Å². The molecule has 0 saturated heterocycles. The van der Waals surface area contributed by atoms with Gasteiger partial charge >= 0.3 is 0 Å². The third-order valence-corrected chi connectivity index (χ3v) is 3.13. The van der Waals surface area contributed by atoms with E-state index in [2.05, 4.69) is 17.1 Å². The first-order valence-corrected chi connectivity index (χ1v) is 6.30. The molecule has 96 valence electrons. The average Bonchev–Trinajstić information content (AvgIpc) is 2.79. The second-order valence-electron chi connectivity index (χ2n) is 4.57. The summed E-state index contributed by atoms with van der Waals surface area (Å²) in [5.74, 6) is 0.919. The summed E-state index contributed by atoms with van der Waals surface area (Å²) in [4.78, 5) is 4.34. The molecule has 0 radical (unpaired) electrons. The number of hydrogen-bond donors (Lipinski definition) is 1. The Hall–Kier alpha value is -1.39. The van der Waals surface area contributed by atoms with Crippen molar-refractivity contribution in [3.05, 3.63) is 35.2 Å². The predicted octanol–water partition coefficient (Wildman–Crippen LogP) is 3.36. The molecule has 0 aliphatic carbocycles. The molecule has 1 atom stereocenters. The van der Waals surface area contributed by atoms with Crippen LogP contribution in [0, 0.1) is 0 Å². The lowest BCUT2D eigenvalue weighted by Crippen LogP contribution is -2.33. The van der Waals surface area contributed by atoms with Crippen molar-refractivity contribution in [3.63, 3.8) is 0 Å². The maximum Gasteiger partial charge on any atom is 0.246 e. The first-order chi connectivity index (χ1) is 8.54. The molecular formula is C13H16ClN3O. The van der Waals surface area contributed by atoms with E-state index in [1.807, 2.05) is 25.1 Å². The predicted molar refractivity (Wildman–Crippen MR) is 71.2 cm³/mol. The lowest BCUT2D eigenvalue weighted by molar-refractivity contribution is 0.284. The standard InChI is InChI=1S/C13H16ClN3O/c1-3-8-13(2,15)12-16-11(17-18-12)9-6-4-5-7-10(9)14/h4-7H,3,8,15H2,1-2H3. The molecule has 1 aromatic carbocycles. The molecule has 0 amide bonds. The van der Waals surface area contributed by atoms with E-state index in [9.17, 15) is 0 Å². The van der Waals surface area contributed by atoms with Gasteiger partial charge in [0, 0.05) is 5.56 Å². The summed E-state index contributed by atoms with van der Waals surface area (Å²) in [5.41, 5.74) is 6.30. The van der Waals surface area contributed by atoms with Crippen molar-refractivity contribution in [3.8, 4) is 11.4 Å². The Morgan fingerprint density at radius 3 is 2.78 bits per heavy atom. The van der Waals surface area contributed by atoms with Gasteiger partial charge in [-0.1, -0.05) is 42.2 Å². The molecule has 0 bridgehead atoms. The van der Waals surface area contributed by atoms with Crippen LogP contribution in [-0.2, 0) is 5.54 Å². The van der Waals surface area contributed by atoms with Gasteiger partial charge in [-0.25, -0.2) is 0 Å². The molecule has 0 fully saturated rings. The van der Waals surface area contributed by atoms with Gasteiger partial charge in [0.05, 0.1) is 10.6 Å². The minimum atomic E-state index is -0.596. The van der Waals surface area contributed by atoms with E-state index in [4.69, 9.17) is 21.9 Å². The number of hydrogen-bond acceptors (Lipinski definition) is 4. The van der Waals surface area contributed by atoms with Crippen LogP contribution in [0.2, 0.25) is 5.02 Å². The van der Waals surface area contributed by atoms with Crippen LogP contribution in [-0.4, -0.2) is 10.1 Å². The van der Waals surface area contributed by atoms with Gasteiger partial charge in [-0.3, -0.25) is 0 Å². The van der Waals surface area contributed by atoms with Crippen molar-refractivity contribution in [1.82, 2.24) is 10.1 Å². The summed E-state index contributed by atoms with van der Waals surface area (Å²) in [6.45, 7) is 3.96. The smallest absolute Gasteiger partial charge is 0.246 e. The fraction of sp³-hybridized carbons (Fsp3) is 0.385. The second-order valence-corrected chi connectivity index (χ2v) is 4.98. The first kappa shape index (κ1) is 13.1. The molecule has 0 saturated carbocycles. The Morgan fingerprint density at radius 1 is 1.39 bits per heavy atom. The van der Waals surface area contributed by atoms with Crippen LogP contribution in [0.15, 0.2) is 28.8 Å². The van der Waals surface area contributed by atoms with E-state index >= 15 is 0 Å². The van der Waals surface area contributed by atoms with Gasteiger partial charge in [0.1, 0.15) is 0 Å². The summed E-state index contributed by atoms with van der Waals surface area (Å²) >= 11 is 6.09. The summed E-state index contributed by atoms with van der Waals surface area (Å²) in [7, 11) is 0. The van der Waals surface area contributed by atoms with Gasteiger partial charge in [0.15, 0.2) is 0 Å². The van der Waals surface area contributed by atoms with E-state index in [0.29, 0.717) is 16.7 Å². The Bertz CT molecular complexity index is 537. The van der Waals surface area contributed by atoms with E-state index in [-0.39, 0.29) is 0 Å². The molecular weight excluding hydrogens is 250 g/mol. The van der Waals surface area contributed by atoms with Crippen molar-refractivity contribution >= 4 is 11.6 Å². The molecule has 18 heavy (non-hydrogen) atoms. The normalized spacial score (nSPS) is 14.4. The highest BCUT2D eigenvalue weighted by Gasteiger charge is 2.27. The monoisotopic (exact) mass is 265 g/mol. The quantitative estimate of drug-likeness (QED) is 0.921. The second kappa shape index (κ2) is 5.08. The fourth-order valence-electron chi connectivity index (χ4n) is 1.83. The molecule has 2 N–H and O–H groups in total. The van der Waals surface area contributed by atoms with E-state index in [0.717, 1.165) is 18.4 Å². The van der Waals surface area contributed by atoms with Gasteiger partial charge < -0.3 is 10.3 Å². The van der Waals surface area contributed by atoms with Crippen molar-refractivity contribution in [1.29, 1.82) is 0 Å². The van der Waals surface area contributed by atoms with Crippen LogP contribution < -0.4 is 5.73 Å². The van der Waals surface area contributed by atoms with Crippen LogP contribution in [0.1, 0.15) is 32.6 Å². The van der Waals surface area contributed by atoms with Gasteiger partial charge in [-0.15, -0.1) is 0 Å². The SMILES string of the molecule is CCCC(C)(N)c1nc(-c2ccccc2Cl)no1. The minimum absolute atomic E-state index is 0.444. The highest BCUT2D eigenvalue weighted by atomic mass is 35.5.